The number of carbonyl (C=O) groups excluding carboxylic acids is 1. The molecule has 0 saturated carbocycles. The molecule has 1 amide bonds. The number of nitrogens with zero attached hydrogens (tertiary/aromatic N) is 1. The molecule has 0 radical (unpaired) electrons. The average molecular weight is 259 g/mol. The van der Waals surface area contributed by atoms with Gasteiger partial charge in [0.1, 0.15) is 5.52 Å². The first-order valence-electron chi connectivity index (χ1n) is 6.61. The number of benzene rings is 1. The third-order valence-electron chi connectivity index (χ3n) is 3.47. The number of oxazole rings is 1. The van der Waals surface area contributed by atoms with Gasteiger partial charge in [-0.2, -0.15) is 0 Å². The molecule has 0 bridgehead atoms. The van der Waals surface area contributed by atoms with Gasteiger partial charge < -0.3 is 15.1 Å². The standard InChI is InChI=1S/C14H17N3O2/c1-9-16-12-8-11(2-3-13(12)19-9)17-14(18)10-4-6-15-7-5-10/h2-3,8,10,15H,4-7H2,1H3,(H,17,18). The van der Waals surface area contributed by atoms with Crippen LogP contribution in [0, 0.1) is 12.8 Å². The highest BCUT2D eigenvalue weighted by Crippen LogP contribution is 2.21. The lowest BCUT2D eigenvalue weighted by atomic mass is 9.97. The predicted octanol–water partition coefficient (Wildman–Crippen LogP) is 2.07. The molecule has 1 aliphatic rings. The fourth-order valence-electron chi connectivity index (χ4n) is 2.45. The zero-order valence-corrected chi connectivity index (χ0v) is 10.9. The normalized spacial score (nSPS) is 16.7. The van der Waals surface area contributed by atoms with Crippen LogP contribution in [-0.2, 0) is 4.79 Å². The summed E-state index contributed by atoms with van der Waals surface area (Å²) < 4.78 is 5.41. The van der Waals surface area contributed by atoms with Crippen molar-refractivity contribution in [2.75, 3.05) is 18.4 Å². The van der Waals surface area contributed by atoms with Crippen molar-refractivity contribution in [3.8, 4) is 0 Å². The number of hydrogen-bond acceptors (Lipinski definition) is 4. The Morgan fingerprint density at radius 2 is 2.21 bits per heavy atom. The van der Waals surface area contributed by atoms with E-state index in [-0.39, 0.29) is 11.8 Å². The van der Waals surface area contributed by atoms with E-state index in [9.17, 15) is 4.79 Å². The van der Waals surface area contributed by atoms with Crippen LogP contribution in [0.15, 0.2) is 22.6 Å². The largest absolute Gasteiger partial charge is 0.441 e. The quantitative estimate of drug-likeness (QED) is 0.866. The molecule has 0 aliphatic carbocycles. The second-order valence-corrected chi connectivity index (χ2v) is 4.93. The van der Waals surface area contributed by atoms with Gasteiger partial charge in [0.25, 0.3) is 0 Å². The maximum atomic E-state index is 12.1. The number of fused-ring (bicyclic) bond motifs is 1. The molecular formula is C14H17N3O2. The van der Waals surface area contributed by atoms with Gasteiger partial charge in [0, 0.05) is 18.5 Å². The van der Waals surface area contributed by atoms with Crippen molar-refractivity contribution < 1.29 is 9.21 Å². The number of anilines is 1. The summed E-state index contributed by atoms with van der Waals surface area (Å²) >= 11 is 0. The van der Waals surface area contributed by atoms with Crippen LogP contribution < -0.4 is 10.6 Å². The Bertz CT molecular complexity index is 600. The SMILES string of the molecule is Cc1nc2cc(NC(=O)C3CCNCC3)ccc2o1. The Labute approximate surface area is 111 Å². The van der Waals surface area contributed by atoms with Crippen LogP contribution >= 0.6 is 0 Å². The molecule has 2 aromatic rings. The van der Waals surface area contributed by atoms with Crippen molar-refractivity contribution in [1.29, 1.82) is 0 Å². The average Bonchev–Trinajstić information content (AvgIpc) is 2.79. The van der Waals surface area contributed by atoms with Gasteiger partial charge in [-0.1, -0.05) is 0 Å². The molecule has 1 saturated heterocycles. The molecular weight excluding hydrogens is 242 g/mol. The van der Waals surface area contributed by atoms with Crippen LogP contribution in [-0.4, -0.2) is 24.0 Å². The third-order valence-corrected chi connectivity index (χ3v) is 3.47. The minimum absolute atomic E-state index is 0.0982. The fraction of sp³-hybridized carbons (Fsp3) is 0.429. The summed E-state index contributed by atoms with van der Waals surface area (Å²) in [6.45, 7) is 3.65. The zero-order valence-electron chi connectivity index (χ0n) is 10.9. The van der Waals surface area contributed by atoms with Gasteiger partial charge in [0.05, 0.1) is 0 Å². The van der Waals surface area contributed by atoms with E-state index in [2.05, 4.69) is 15.6 Å². The minimum atomic E-state index is 0.0982. The molecule has 19 heavy (non-hydrogen) atoms. The number of carbonyl (C=O) groups is 1. The van der Waals surface area contributed by atoms with Gasteiger partial charge >= 0.3 is 0 Å². The van der Waals surface area contributed by atoms with Crippen LogP contribution in [0.3, 0.4) is 0 Å². The molecule has 1 aliphatic heterocycles. The van der Waals surface area contributed by atoms with Crippen molar-refractivity contribution in [1.82, 2.24) is 10.3 Å². The van der Waals surface area contributed by atoms with Crippen LogP contribution in [0.4, 0.5) is 5.69 Å². The highest BCUT2D eigenvalue weighted by molar-refractivity contribution is 5.94. The molecule has 1 fully saturated rings. The Morgan fingerprint density at radius 1 is 1.42 bits per heavy atom. The molecule has 2 heterocycles. The van der Waals surface area contributed by atoms with Crippen molar-refractivity contribution in [2.24, 2.45) is 5.92 Å². The number of aromatic nitrogens is 1. The van der Waals surface area contributed by atoms with Crippen molar-refractivity contribution in [2.45, 2.75) is 19.8 Å². The molecule has 5 nitrogen and oxygen atoms in total. The summed E-state index contributed by atoms with van der Waals surface area (Å²) in [6, 6.07) is 5.55. The maximum Gasteiger partial charge on any atom is 0.227 e. The van der Waals surface area contributed by atoms with Gasteiger partial charge in [-0.25, -0.2) is 4.98 Å². The topological polar surface area (TPSA) is 67.2 Å². The summed E-state index contributed by atoms with van der Waals surface area (Å²) in [4.78, 5) is 16.4. The Balaban J connectivity index is 1.74. The van der Waals surface area contributed by atoms with Crippen molar-refractivity contribution >= 4 is 22.7 Å². The molecule has 1 aromatic heterocycles. The molecule has 5 heteroatoms. The van der Waals surface area contributed by atoms with Gasteiger partial charge in [0.15, 0.2) is 11.5 Å². The first-order valence-corrected chi connectivity index (χ1v) is 6.61. The number of rotatable bonds is 2. The van der Waals surface area contributed by atoms with Gasteiger partial charge in [-0.15, -0.1) is 0 Å². The van der Waals surface area contributed by atoms with E-state index < -0.39 is 0 Å². The number of amides is 1. The monoisotopic (exact) mass is 259 g/mol. The Kier molecular flexibility index (Phi) is 3.21. The maximum absolute atomic E-state index is 12.1. The molecule has 100 valence electrons. The summed E-state index contributed by atoms with van der Waals surface area (Å²) in [6.07, 6.45) is 1.80. The Morgan fingerprint density at radius 3 is 3.00 bits per heavy atom. The van der Waals surface area contributed by atoms with Crippen LogP contribution in [0.2, 0.25) is 0 Å². The Hall–Kier alpha value is -1.88. The number of aryl methyl sites for hydroxylation is 1. The van der Waals surface area contributed by atoms with Crippen LogP contribution in [0.25, 0.3) is 11.1 Å². The second kappa shape index (κ2) is 5.01. The van der Waals surface area contributed by atoms with Gasteiger partial charge in [0.2, 0.25) is 5.91 Å². The molecule has 1 aromatic carbocycles. The van der Waals surface area contributed by atoms with Crippen molar-refractivity contribution in [3.05, 3.63) is 24.1 Å². The van der Waals surface area contributed by atoms with E-state index in [4.69, 9.17) is 4.42 Å². The van der Waals surface area contributed by atoms with Crippen molar-refractivity contribution in [3.63, 3.8) is 0 Å². The number of piperidine rings is 1. The molecule has 0 spiro atoms. The minimum Gasteiger partial charge on any atom is -0.441 e. The number of hydrogen-bond donors (Lipinski definition) is 2. The molecule has 3 rings (SSSR count). The lowest BCUT2D eigenvalue weighted by Gasteiger charge is -2.21. The first-order chi connectivity index (χ1) is 9.22. The summed E-state index contributed by atoms with van der Waals surface area (Å²) in [7, 11) is 0. The summed E-state index contributed by atoms with van der Waals surface area (Å²) in [5.74, 6) is 0.842. The molecule has 2 N–H and O–H groups in total. The highest BCUT2D eigenvalue weighted by atomic mass is 16.3. The van der Waals surface area contributed by atoms with E-state index in [0.29, 0.717) is 5.89 Å². The van der Waals surface area contributed by atoms with E-state index in [1.807, 2.05) is 25.1 Å². The fourth-order valence-corrected chi connectivity index (χ4v) is 2.45. The van der Waals surface area contributed by atoms with E-state index in [1.54, 1.807) is 0 Å². The van der Waals surface area contributed by atoms with Crippen LogP contribution in [0.5, 0.6) is 0 Å². The lowest BCUT2D eigenvalue weighted by molar-refractivity contribution is -0.120. The smallest absolute Gasteiger partial charge is 0.227 e. The highest BCUT2D eigenvalue weighted by Gasteiger charge is 2.20. The third kappa shape index (κ3) is 2.61. The number of nitrogens with one attached hydrogen (secondary N) is 2. The van der Waals surface area contributed by atoms with Gasteiger partial charge in [-0.3, -0.25) is 4.79 Å². The zero-order chi connectivity index (χ0) is 13.2. The van der Waals surface area contributed by atoms with E-state index >= 15 is 0 Å². The molecule has 0 atom stereocenters. The van der Waals surface area contributed by atoms with E-state index in [0.717, 1.165) is 42.7 Å². The summed E-state index contributed by atoms with van der Waals surface area (Å²) in [5, 5.41) is 6.22. The first kappa shape index (κ1) is 12.2. The van der Waals surface area contributed by atoms with Crippen LogP contribution in [0.1, 0.15) is 18.7 Å². The molecule has 0 unspecified atom stereocenters. The second-order valence-electron chi connectivity index (χ2n) is 4.93. The van der Waals surface area contributed by atoms with E-state index in [1.165, 1.54) is 0 Å². The van der Waals surface area contributed by atoms with Gasteiger partial charge in [-0.05, 0) is 44.1 Å². The predicted molar refractivity (Wildman–Crippen MR) is 73.0 cm³/mol. The summed E-state index contributed by atoms with van der Waals surface area (Å²) in [5.41, 5.74) is 2.31. The lowest BCUT2D eigenvalue weighted by Crippen LogP contribution is -2.34.